The fraction of sp³-hybridized carbons (Fsp3) is 0.923. The topological polar surface area (TPSA) is 72.5 Å². The molecule has 2 fully saturated rings. The molecule has 2 aliphatic rings. The largest absolute Gasteiger partial charge is 0.468 e. The molecule has 0 amide bonds. The minimum Gasteiger partial charge on any atom is -0.468 e. The van der Waals surface area contributed by atoms with Crippen LogP contribution in [0.15, 0.2) is 0 Å². The molecular weight excluding hydrogens is 298 g/mol. The van der Waals surface area contributed by atoms with Gasteiger partial charge in [-0.1, -0.05) is 0 Å². The number of carbonyl (C=O) groups excluding carboxylic acids is 1. The number of sulfone groups is 1. The second kappa shape index (κ2) is 6.23. The first kappa shape index (κ1) is 16.1. The predicted octanol–water partition coefficient (Wildman–Crippen LogP) is 0.980. The van der Waals surface area contributed by atoms with Crippen molar-refractivity contribution in [2.45, 2.75) is 48.9 Å². The lowest BCUT2D eigenvalue weighted by atomic mass is 9.97. The lowest BCUT2D eigenvalue weighted by molar-refractivity contribution is -0.148. The van der Waals surface area contributed by atoms with Crippen LogP contribution in [0.2, 0.25) is 0 Å². The second-order valence-corrected chi connectivity index (χ2v) is 9.53. The van der Waals surface area contributed by atoms with Gasteiger partial charge in [0, 0.05) is 23.3 Å². The van der Waals surface area contributed by atoms with Gasteiger partial charge in [-0.2, -0.15) is 11.8 Å². The maximum Gasteiger partial charge on any atom is 0.326 e. The monoisotopic (exact) mass is 321 g/mol. The van der Waals surface area contributed by atoms with E-state index in [0.717, 1.165) is 32.1 Å². The van der Waals surface area contributed by atoms with Gasteiger partial charge in [-0.3, -0.25) is 10.1 Å². The lowest BCUT2D eigenvalue weighted by Gasteiger charge is -2.27. The number of methoxy groups -OCH3 is 1. The highest BCUT2D eigenvalue weighted by atomic mass is 32.2. The summed E-state index contributed by atoms with van der Waals surface area (Å²) in [6, 6.07) is 0.453. The summed E-state index contributed by atoms with van der Waals surface area (Å²) >= 11 is 1.66. The Hall–Kier alpha value is -0.270. The van der Waals surface area contributed by atoms with Crippen molar-refractivity contribution in [3.63, 3.8) is 0 Å². The third-order valence-corrected chi connectivity index (χ3v) is 6.43. The molecule has 2 aliphatic carbocycles. The summed E-state index contributed by atoms with van der Waals surface area (Å²) < 4.78 is 27.2. The van der Waals surface area contributed by atoms with Gasteiger partial charge in [-0.25, -0.2) is 8.42 Å². The van der Waals surface area contributed by atoms with E-state index in [0.29, 0.717) is 17.0 Å². The molecule has 0 aliphatic heterocycles. The fourth-order valence-corrected chi connectivity index (χ4v) is 5.31. The molecule has 0 aromatic carbocycles. The normalized spacial score (nSPS) is 30.4. The Morgan fingerprint density at radius 2 is 2.10 bits per heavy atom. The number of nitrogens with one attached hydrogen (secondary N) is 1. The van der Waals surface area contributed by atoms with Crippen LogP contribution in [0.3, 0.4) is 0 Å². The molecule has 0 saturated heterocycles. The highest BCUT2D eigenvalue weighted by Crippen LogP contribution is 2.40. The average molecular weight is 321 g/mol. The number of thioether (sulfide) groups is 1. The van der Waals surface area contributed by atoms with Gasteiger partial charge in [-0.15, -0.1) is 0 Å². The third-order valence-electron chi connectivity index (χ3n) is 3.91. The maximum atomic E-state index is 12.1. The van der Waals surface area contributed by atoms with Crippen molar-refractivity contribution in [3.8, 4) is 0 Å². The molecule has 0 aromatic heterocycles. The number of carbonyl (C=O) groups is 1. The number of ether oxygens (including phenoxy) is 1. The minimum absolute atomic E-state index is 0.171. The van der Waals surface area contributed by atoms with Gasteiger partial charge in [0.25, 0.3) is 0 Å². The van der Waals surface area contributed by atoms with E-state index in [1.54, 1.807) is 11.8 Å². The second-order valence-electron chi connectivity index (χ2n) is 5.86. The van der Waals surface area contributed by atoms with Crippen molar-refractivity contribution >= 4 is 27.6 Å². The van der Waals surface area contributed by atoms with Crippen LogP contribution in [0.25, 0.3) is 0 Å². The van der Waals surface area contributed by atoms with E-state index in [9.17, 15) is 13.2 Å². The van der Waals surface area contributed by atoms with Gasteiger partial charge in [0.15, 0.2) is 0 Å². The van der Waals surface area contributed by atoms with Crippen molar-refractivity contribution in [2.24, 2.45) is 0 Å². The molecule has 0 heterocycles. The Morgan fingerprint density at radius 1 is 1.40 bits per heavy atom. The molecule has 0 aromatic rings. The zero-order valence-electron chi connectivity index (χ0n) is 12.1. The molecule has 0 radical (unpaired) electrons. The van der Waals surface area contributed by atoms with Crippen molar-refractivity contribution in [1.82, 2.24) is 5.32 Å². The summed E-state index contributed by atoms with van der Waals surface area (Å²) in [4.78, 5) is 12.1. The van der Waals surface area contributed by atoms with Crippen LogP contribution in [0.1, 0.15) is 32.1 Å². The van der Waals surface area contributed by atoms with E-state index >= 15 is 0 Å². The molecule has 116 valence electrons. The molecule has 0 bridgehead atoms. The zero-order chi connectivity index (χ0) is 14.8. The molecule has 5 nitrogen and oxygen atoms in total. The summed E-state index contributed by atoms with van der Waals surface area (Å²) in [5.41, 5.74) is -0.543. The fourth-order valence-electron chi connectivity index (χ4n) is 2.70. The molecule has 1 N–H and O–H groups in total. The first-order valence-corrected chi connectivity index (χ1v) is 10.1. The van der Waals surface area contributed by atoms with E-state index in [-0.39, 0.29) is 11.7 Å². The summed E-state index contributed by atoms with van der Waals surface area (Å²) in [7, 11) is -1.47. The smallest absolute Gasteiger partial charge is 0.326 e. The number of esters is 1. The Morgan fingerprint density at radius 3 is 2.65 bits per heavy atom. The molecule has 2 rings (SSSR count). The van der Waals surface area contributed by atoms with Crippen LogP contribution in [0.4, 0.5) is 0 Å². The van der Waals surface area contributed by atoms with E-state index in [2.05, 4.69) is 5.32 Å². The Kier molecular flexibility index (Phi) is 5.02. The van der Waals surface area contributed by atoms with Crippen LogP contribution < -0.4 is 5.32 Å². The highest BCUT2D eigenvalue weighted by Gasteiger charge is 2.48. The predicted molar refractivity (Wildman–Crippen MR) is 80.7 cm³/mol. The van der Waals surface area contributed by atoms with Gasteiger partial charge in [-0.05, 0) is 32.1 Å². The van der Waals surface area contributed by atoms with Crippen LogP contribution in [0.5, 0.6) is 0 Å². The maximum absolute atomic E-state index is 12.1. The zero-order valence-corrected chi connectivity index (χ0v) is 13.7. The molecule has 0 spiro atoms. The minimum atomic E-state index is -2.90. The van der Waals surface area contributed by atoms with E-state index < -0.39 is 15.4 Å². The quantitative estimate of drug-likeness (QED) is 0.705. The van der Waals surface area contributed by atoms with Crippen LogP contribution >= 0.6 is 11.8 Å². The van der Waals surface area contributed by atoms with Crippen molar-refractivity contribution < 1.29 is 17.9 Å². The van der Waals surface area contributed by atoms with Crippen LogP contribution in [-0.4, -0.2) is 56.1 Å². The third kappa shape index (κ3) is 4.36. The standard InChI is InChI=1S/C13H23NO4S2/c1-18-12(15)13(14-10-3-4-10)6-5-11(9-13)19-7-8-20(2,16)17/h10-11,14H,3-9H2,1-2H3. The Balaban J connectivity index is 1.88. The van der Waals surface area contributed by atoms with Gasteiger partial charge in [0.05, 0.1) is 12.9 Å². The molecule has 2 atom stereocenters. The van der Waals surface area contributed by atoms with E-state index in [4.69, 9.17) is 4.74 Å². The lowest BCUT2D eigenvalue weighted by Crippen LogP contribution is -2.52. The van der Waals surface area contributed by atoms with Crippen molar-refractivity contribution in [3.05, 3.63) is 0 Å². The van der Waals surface area contributed by atoms with Crippen LogP contribution in [0, 0.1) is 0 Å². The van der Waals surface area contributed by atoms with Gasteiger partial charge < -0.3 is 4.74 Å². The summed E-state index contributed by atoms with van der Waals surface area (Å²) in [5.74, 6) is 0.634. The first-order valence-electron chi connectivity index (χ1n) is 7.00. The van der Waals surface area contributed by atoms with Gasteiger partial charge in [0.1, 0.15) is 15.4 Å². The summed E-state index contributed by atoms with van der Waals surface area (Å²) in [6.45, 7) is 0. The molecular formula is C13H23NO4S2. The molecule has 2 saturated carbocycles. The summed E-state index contributed by atoms with van der Waals surface area (Å²) in [5, 5.41) is 3.78. The molecule has 7 heteroatoms. The number of hydrogen-bond acceptors (Lipinski definition) is 6. The first-order chi connectivity index (χ1) is 9.35. The number of hydrogen-bond donors (Lipinski definition) is 1. The summed E-state index contributed by atoms with van der Waals surface area (Å²) in [6.07, 6.45) is 5.98. The van der Waals surface area contributed by atoms with Crippen molar-refractivity contribution in [1.29, 1.82) is 0 Å². The molecule has 20 heavy (non-hydrogen) atoms. The number of rotatable bonds is 7. The average Bonchev–Trinajstić information content (AvgIpc) is 3.07. The van der Waals surface area contributed by atoms with Crippen LogP contribution in [-0.2, 0) is 19.4 Å². The van der Waals surface area contributed by atoms with E-state index in [1.807, 2.05) is 0 Å². The van der Waals surface area contributed by atoms with Crippen molar-refractivity contribution in [2.75, 3.05) is 24.9 Å². The van der Waals surface area contributed by atoms with Gasteiger partial charge in [0.2, 0.25) is 0 Å². The Bertz CT molecular complexity index is 461. The Labute approximate surface area is 125 Å². The highest BCUT2D eigenvalue weighted by molar-refractivity contribution is 8.01. The SMILES string of the molecule is COC(=O)C1(NC2CC2)CCC(SCCS(C)(=O)=O)C1. The van der Waals surface area contributed by atoms with E-state index in [1.165, 1.54) is 13.4 Å². The van der Waals surface area contributed by atoms with Gasteiger partial charge >= 0.3 is 5.97 Å². The molecule has 2 unspecified atom stereocenters.